The zero-order valence-corrected chi connectivity index (χ0v) is 13.4. The van der Waals surface area contributed by atoms with Crippen LogP contribution in [0, 0.1) is 6.92 Å². The Morgan fingerprint density at radius 2 is 1.74 bits per heavy atom. The van der Waals surface area contributed by atoms with Crippen LogP contribution < -0.4 is 10.6 Å². The van der Waals surface area contributed by atoms with Crippen molar-refractivity contribution in [3.05, 3.63) is 47.2 Å². The first-order valence-corrected chi connectivity index (χ1v) is 7.73. The third kappa shape index (κ3) is 4.95. The summed E-state index contributed by atoms with van der Waals surface area (Å²) in [5, 5.41) is 9.20. The minimum Gasteiger partial charge on any atom is -0.360 e. The molecule has 0 fully saturated rings. The van der Waals surface area contributed by atoms with E-state index in [4.69, 9.17) is 4.52 Å². The average molecular weight is 315 g/mol. The van der Waals surface area contributed by atoms with E-state index in [1.54, 1.807) is 37.3 Å². The molecule has 6 nitrogen and oxygen atoms in total. The van der Waals surface area contributed by atoms with Crippen LogP contribution in [0.3, 0.4) is 0 Å². The van der Waals surface area contributed by atoms with Gasteiger partial charge in [-0.05, 0) is 37.6 Å². The number of nitrogens with zero attached hydrogens (tertiary/aromatic N) is 1. The second-order valence-corrected chi connectivity index (χ2v) is 5.32. The molecule has 6 heteroatoms. The van der Waals surface area contributed by atoms with Gasteiger partial charge in [-0.3, -0.25) is 9.59 Å². The van der Waals surface area contributed by atoms with Gasteiger partial charge < -0.3 is 15.2 Å². The van der Waals surface area contributed by atoms with E-state index in [1.807, 2.05) is 0 Å². The molecule has 2 N–H and O–H groups in total. The minimum atomic E-state index is -0.298. The van der Waals surface area contributed by atoms with Crippen LogP contribution >= 0.6 is 0 Å². The van der Waals surface area contributed by atoms with Crippen LogP contribution in [0.5, 0.6) is 0 Å². The van der Waals surface area contributed by atoms with Crippen LogP contribution in [0.4, 0.5) is 5.82 Å². The van der Waals surface area contributed by atoms with Crippen molar-refractivity contribution < 1.29 is 14.1 Å². The molecule has 122 valence electrons. The summed E-state index contributed by atoms with van der Waals surface area (Å²) in [6, 6.07) is 8.14. The molecule has 1 heterocycles. The standard InChI is InChI=1S/C17H21N3O3/c1-3-4-5-10-18-16(21)13-6-8-14(9-7-13)17(22)19-15-11-12(2)23-20-15/h6-9,11H,3-5,10H2,1-2H3,(H,18,21)(H,19,20,22). The van der Waals surface area contributed by atoms with E-state index < -0.39 is 0 Å². The highest BCUT2D eigenvalue weighted by Gasteiger charge is 2.10. The summed E-state index contributed by atoms with van der Waals surface area (Å²) < 4.78 is 4.89. The van der Waals surface area contributed by atoms with E-state index in [-0.39, 0.29) is 11.8 Å². The third-order valence-corrected chi connectivity index (χ3v) is 3.34. The maximum atomic E-state index is 12.1. The minimum absolute atomic E-state index is 0.125. The van der Waals surface area contributed by atoms with Crippen molar-refractivity contribution in [3.63, 3.8) is 0 Å². The molecule has 2 aromatic rings. The van der Waals surface area contributed by atoms with E-state index in [1.165, 1.54) is 0 Å². The molecule has 0 saturated heterocycles. The van der Waals surface area contributed by atoms with E-state index >= 15 is 0 Å². The van der Waals surface area contributed by atoms with Gasteiger partial charge in [0.2, 0.25) is 0 Å². The Morgan fingerprint density at radius 1 is 1.09 bits per heavy atom. The van der Waals surface area contributed by atoms with Crippen molar-refractivity contribution in [1.29, 1.82) is 0 Å². The molecule has 0 atom stereocenters. The highest BCUT2D eigenvalue weighted by Crippen LogP contribution is 2.10. The highest BCUT2D eigenvalue weighted by atomic mass is 16.5. The molecule has 0 spiro atoms. The van der Waals surface area contributed by atoms with Crippen LogP contribution in [0.2, 0.25) is 0 Å². The Labute approximate surface area is 135 Å². The number of carbonyl (C=O) groups is 2. The van der Waals surface area contributed by atoms with Gasteiger partial charge in [-0.1, -0.05) is 24.9 Å². The van der Waals surface area contributed by atoms with Crippen LogP contribution in [0.15, 0.2) is 34.9 Å². The topological polar surface area (TPSA) is 84.2 Å². The lowest BCUT2D eigenvalue weighted by atomic mass is 10.1. The molecule has 0 saturated carbocycles. The van der Waals surface area contributed by atoms with Crippen LogP contribution in [0.25, 0.3) is 0 Å². The lowest BCUT2D eigenvalue weighted by Gasteiger charge is -2.06. The third-order valence-electron chi connectivity index (χ3n) is 3.34. The fourth-order valence-corrected chi connectivity index (χ4v) is 2.07. The van der Waals surface area contributed by atoms with E-state index in [9.17, 15) is 9.59 Å². The molecule has 0 aliphatic carbocycles. The van der Waals surface area contributed by atoms with Crippen molar-refractivity contribution >= 4 is 17.6 Å². The molecular weight excluding hydrogens is 294 g/mol. The molecule has 0 aliphatic heterocycles. The Balaban J connectivity index is 1.90. The van der Waals surface area contributed by atoms with Gasteiger partial charge in [-0.2, -0.15) is 0 Å². The van der Waals surface area contributed by atoms with E-state index in [0.29, 0.717) is 29.2 Å². The number of benzene rings is 1. The Hall–Kier alpha value is -2.63. The fourth-order valence-electron chi connectivity index (χ4n) is 2.07. The summed E-state index contributed by atoms with van der Waals surface area (Å²) in [4.78, 5) is 24.0. The second kappa shape index (κ2) is 8.12. The summed E-state index contributed by atoms with van der Waals surface area (Å²) in [6.45, 7) is 4.53. The number of anilines is 1. The highest BCUT2D eigenvalue weighted by molar-refractivity contribution is 6.04. The van der Waals surface area contributed by atoms with Gasteiger partial charge in [-0.15, -0.1) is 0 Å². The summed E-state index contributed by atoms with van der Waals surface area (Å²) in [5.74, 6) is 0.564. The molecule has 1 aromatic carbocycles. The first-order chi connectivity index (χ1) is 11.1. The number of aryl methyl sites for hydroxylation is 1. The maximum Gasteiger partial charge on any atom is 0.256 e. The summed E-state index contributed by atoms with van der Waals surface area (Å²) in [7, 11) is 0. The zero-order chi connectivity index (χ0) is 16.7. The van der Waals surface area contributed by atoms with Gasteiger partial charge in [0.05, 0.1) is 0 Å². The monoisotopic (exact) mass is 315 g/mol. The summed E-state index contributed by atoms with van der Waals surface area (Å²) in [6.07, 6.45) is 3.19. The first-order valence-electron chi connectivity index (χ1n) is 7.73. The van der Waals surface area contributed by atoms with E-state index in [0.717, 1.165) is 19.3 Å². The van der Waals surface area contributed by atoms with Crippen molar-refractivity contribution in [2.45, 2.75) is 33.1 Å². The second-order valence-electron chi connectivity index (χ2n) is 5.32. The van der Waals surface area contributed by atoms with Crippen LogP contribution in [0.1, 0.15) is 52.7 Å². The quantitative estimate of drug-likeness (QED) is 0.769. The summed E-state index contributed by atoms with van der Waals surface area (Å²) >= 11 is 0. The lowest BCUT2D eigenvalue weighted by Crippen LogP contribution is -2.24. The molecular formula is C17H21N3O3. The largest absolute Gasteiger partial charge is 0.360 e. The fraction of sp³-hybridized carbons (Fsp3) is 0.353. The number of carbonyl (C=O) groups excluding carboxylic acids is 2. The average Bonchev–Trinajstić information content (AvgIpc) is 2.96. The predicted molar refractivity (Wildman–Crippen MR) is 87.5 cm³/mol. The van der Waals surface area contributed by atoms with Gasteiger partial charge in [0.25, 0.3) is 11.8 Å². The molecule has 1 aromatic heterocycles. The van der Waals surface area contributed by atoms with Gasteiger partial charge in [-0.25, -0.2) is 0 Å². The molecule has 23 heavy (non-hydrogen) atoms. The number of hydrogen-bond acceptors (Lipinski definition) is 4. The van der Waals surface area contributed by atoms with Crippen molar-refractivity contribution in [2.24, 2.45) is 0 Å². The number of nitrogens with one attached hydrogen (secondary N) is 2. The predicted octanol–water partition coefficient (Wildman–Crippen LogP) is 3.16. The van der Waals surface area contributed by atoms with Crippen molar-refractivity contribution in [1.82, 2.24) is 10.5 Å². The van der Waals surface area contributed by atoms with Gasteiger partial charge in [0.15, 0.2) is 5.82 Å². The Kier molecular flexibility index (Phi) is 5.91. The van der Waals surface area contributed by atoms with E-state index in [2.05, 4.69) is 22.7 Å². The lowest BCUT2D eigenvalue weighted by molar-refractivity contribution is 0.0951. The molecule has 2 rings (SSSR count). The van der Waals surface area contributed by atoms with Gasteiger partial charge >= 0.3 is 0 Å². The number of rotatable bonds is 7. The Morgan fingerprint density at radius 3 is 2.30 bits per heavy atom. The molecule has 0 aliphatic rings. The van der Waals surface area contributed by atoms with Gasteiger partial charge in [0.1, 0.15) is 5.76 Å². The maximum absolute atomic E-state index is 12.1. The number of amides is 2. The zero-order valence-electron chi connectivity index (χ0n) is 13.4. The Bertz CT molecular complexity index is 662. The molecule has 0 unspecified atom stereocenters. The molecule has 0 bridgehead atoms. The number of aromatic nitrogens is 1. The normalized spacial score (nSPS) is 10.3. The number of unbranched alkanes of at least 4 members (excludes halogenated alkanes) is 2. The molecule has 2 amide bonds. The van der Waals surface area contributed by atoms with Crippen LogP contribution in [-0.4, -0.2) is 23.5 Å². The van der Waals surface area contributed by atoms with Crippen molar-refractivity contribution in [3.8, 4) is 0 Å². The van der Waals surface area contributed by atoms with Gasteiger partial charge in [0, 0.05) is 23.7 Å². The SMILES string of the molecule is CCCCCNC(=O)c1ccc(C(=O)Nc2cc(C)on2)cc1. The smallest absolute Gasteiger partial charge is 0.256 e. The van der Waals surface area contributed by atoms with Crippen LogP contribution in [-0.2, 0) is 0 Å². The number of hydrogen-bond donors (Lipinski definition) is 2. The first kappa shape index (κ1) is 16.7. The summed E-state index contributed by atoms with van der Waals surface area (Å²) in [5.41, 5.74) is 0.989. The van der Waals surface area contributed by atoms with Crippen molar-refractivity contribution in [2.75, 3.05) is 11.9 Å². The molecule has 0 radical (unpaired) electrons.